The zero-order valence-electron chi connectivity index (χ0n) is 10.2. The lowest BCUT2D eigenvalue weighted by atomic mass is 9.85. The summed E-state index contributed by atoms with van der Waals surface area (Å²) in [4.78, 5) is 11.8. The van der Waals surface area contributed by atoms with E-state index >= 15 is 0 Å². The number of carbonyl (C=O) groups is 1. The summed E-state index contributed by atoms with van der Waals surface area (Å²) in [5, 5.41) is 7.88. The lowest BCUT2D eigenvalue weighted by molar-refractivity contribution is 0.0936. The number of amides is 1. The Morgan fingerprint density at radius 2 is 2.11 bits per heavy atom. The molecule has 7 heteroatoms. The number of nitrogens with one attached hydrogen (secondary N) is 1. The Labute approximate surface area is 117 Å². The zero-order valence-corrected chi connectivity index (χ0v) is 11.8. The van der Waals surface area contributed by atoms with Crippen LogP contribution in [-0.4, -0.2) is 20.9 Å². The Kier molecular flexibility index (Phi) is 4.13. The molecule has 0 aliphatic heterocycles. The Bertz CT molecular complexity index is 597. The van der Waals surface area contributed by atoms with Crippen LogP contribution in [0.1, 0.15) is 29.6 Å². The molecule has 19 heavy (non-hydrogen) atoms. The first-order valence-corrected chi connectivity index (χ1v) is 7.91. The van der Waals surface area contributed by atoms with Gasteiger partial charge in [0.1, 0.15) is 0 Å². The molecule has 0 heterocycles. The van der Waals surface area contributed by atoms with Crippen LogP contribution in [0.25, 0.3) is 0 Å². The van der Waals surface area contributed by atoms with E-state index in [4.69, 9.17) is 16.7 Å². The van der Waals surface area contributed by atoms with Crippen LogP contribution < -0.4 is 10.5 Å². The second-order valence-corrected chi connectivity index (χ2v) is 6.60. The van der Waals surface area contributed by atoms with E-state index in [1.165, 1.54) is 24.6 Å². The fourth-order valence-corrected chi connectivity index (χ4v) is 3.06. The number of sulfonamides is 1. The van der Waals surface area contributed by atoms with Gasteiger partial charge >= 0.3 is 0 Å². The van der Waals surface area contributed by atoms with Crippen molar-refractivity contribution < 1.29 is 13.2 Å². The number of hydrogen-bond acceptors (Lipinski definition) is 3. The average molecular weight is 303 g/mol. The van der Waals surface area contributed by atoms with Gasteiger partial charge < -0.3 is 5.32 Å². The smallest absolute Gasteiger partial charge is 0.254 e. The van der Waals surface area contributed by atoms with Crippen molar-refractivity contribution in [2.75, 3.05) is 6.54 Å². The summed E-state index contributed by atoms with van der Waals surface area (Å²) in [6, 6.07) is 4.19. The quantitative estimate of drug-likeness (QED) is 0.883. The molecule has 1 aromatic carbocycles. The second-order valence-electron chi connectivity index (χ2n) is 4.66. The van der Waals surface area contributed by atoms with Gasteiger partial charge in [-0.2, -0.15) is 0 Å². The first kappa shape index (κ1) is 14.3. The maximum absolute atomic E-state index is 12.1. The lowest BCUT2D eigenvalue weighted by Crippen LogP contribution is -2.33. The molecule has 2 rings (SSSR count). The third-order valence-corrected chi connectivity index (χ3v) is 4.55. The predicted molar refractivity (Wildman–Crippen MR) is 72.5 cm³/mol. The average Bonchev–Trinajstić information content (AvgIpc) is 2.25. The molecule has 1 saturated carbocycles. The van der Waals surface area contributed by atoms with E-state index in [9.17, 15) is 13.2 Å². The van der Waals surface area contributed by atoms with Crippen molar-refractivity contribution in [2.24, 2.45) is 11.1 Å². The molecule has 0 radical (unpaired) electrons. The van der Waals surface area contributed by atoms with E-state index in [2.05, 4.69) is 5.32 Å². The van der Waals surface area contributed by atoms with E-state index in [0.29, 0.717) is 12.5 Å². The lowest BCUT2D eigenvalue weighted by Gasteiger charge is -2.25. The standard InChI is InChI=1S/C12H15ClN2O3S/c13-9-5-2-6-10(19(14,17)18)11(9)12(16)15-7-8-3-1-4-8/h2,5-6,8H,1,3-4,7H2,(H,15,16)(H2,14,17,18). The molecule has 104 valence electrons. The fourth-order valence-electron chi connectivity index (χ4n) is 1.98. The maximum Gasteiger partial charge on any atom is 0.254 e. The van der Waals surface area contributed by atoms with Gasteiger partial charge in [0.05, 0.1) is 15.5 Å². The van der Waals surface area contributed by atoms with Crippen molar-refractivity contribution in [2.45, 2.75) is 24.2 Å². The van der Waals surface area contributed by atoms with E-state index in [-0.39, 0.29) is 15.5 Å². The SMILES string of the molecule is NS(=O)(=O)c1cccc(Cl)c1C(=O)NCC1CCC1. The number of rotatable bonds is 4. The van der Waals surface area contributed by atoms with Crippen LogP contribution in [0.3, 0.4) is 0 Å². The van der Waals surface area contributed by atoms with Gasteiger partial charge in [-0.15, -0.1) is 0 Å². The molecular weight excluding hydrogens is 288 g/mol. The van der Waals surface area contributed by atoms with Crippen molar-refractivity contribution in [1.29, 1.82) is 0 Å². The van der Waals surface area contributed by atoms with Gasteiger partial charge in [0, 0.05) is 6.54 Å². The number of halogens is 1. The van der Waals surface area contributed by atoms with E-state index < -0.39 is 15.9 Å². The van der Waals surface area contributed by atoms with Gasteiger partial charge in [-0.25, -0.2) is 13.6 Å². The van der Waals surface area contributed by atoms with Gasteiger partial charge in [-0.3, -0.25) is 4.79 Å². The molecular formula is C12H15ClN2O3S. The van der Waals surface area contributed by atoms with Crippen LogP contribution in [0.5, 0.6) is 0 Å². The highest BCUT2D eigenvalue weighted by Crippen LogP contribution is 2.26. The summed E-state index contributed by atoms with van der Waals surface area (Å²) in [6.45, 7) is 0.536. The van der Waals surface area contributed by atoms with Gasteiger partial charge in [0.15, 0.2) is 0 Å². The van der Waals surface area contributed by atoms with Gasteiger partial charge in [-0.05, 0) is 30.9 Å². The minimum absolute atomic E-state index is 0.0778. The summed E-state index contributed by atoms with van der Waals surface area (Å²) in [5.74, 6) is -0.0223. The van der Waals surface area contributed by atoms with Crippen molar-refractivity contribution in [3.63, 3.8) is 0 Å². The predicted octanol–water partition coefficient (Wildman–Crippen LogP) is 1.52. The summed E-state index contributed by atoms with van der Waals surface area (Å²) < 4.78 is 22.9. The molecule has 0 unspecified atom stereocenters. The normalized spacial score (nSPS) is 15.9. The summed E-state index contributed by atoms with van der Waals surface area (Å²) in [6.07, 6.45) is 3.35. The van der Waals surface area contributed by atoms with E-state index in [1.807, 2.05) is 0 Å². The highest BCUT2D eigenvalue weighted by Gasteiger charge is 2.24. The Morgan fingerprint density at radius 1 is 1.42 bits per heavy atom. The maximum atomic E-state index is 12.1. The van der Waals surface area contributed by atoms with E-state index in [0.717, 1.165) is 12.8 Å². The third kappa shape index (κ3) is 3.26. The number of benzene rings is 1. The van der Waals surface area contributed by atoms with Crippen molar-refractivity contribution in [3.05, 3.63) is 28.8 Å². The van der Waals surface area contributed by atoms with Crippen LogP contribution in [0, 0.1) is 5.92 Å². The molecule has 0 spiro atoms. The monoisotopic (exact) mass is 302 g/mol. The van der Waals surface area contributed by atoms with Gasteiger partial charge in [0.2, 0.25) is 10.0 Å². The molecule has 3 N–H and O–H groups in total. The molecule has 1 fully saturated rings. The third-order valence-electron chi connectivity index (χ3n) is 3.29. The van der Waals surface area contributed by atoms with Gasteiger partial charge in [0.25, 0.3) is 5.91 Å². The highest BCUT2D eigenvalue weighted by molar-refractivity contribution is 7.89. The Hall–Kier alpha value is -1.11. The molecule has 5 nitrogen and oxygen atoms in total. The molecule has 0 bridgehead atoms. The molecule has 1 aliphatic rings. The number of hydrogen-bond donors (Lipinski definition) is 2. The van der Waals surface area contributed by atoms with Crippen LogP contribution >= 0.6 is 11.6 Å². The molecule has 0 aromatic heterocycles. The number of carbonyl (C=O) groups excluding carboxylic acids is 1. The first-order chi connectivity index (χ1) is 8.89. The Balaban J connectivity index is 2.24. The second kappa shape index (κ2) is 5.48. The molecule has 1 aromatic rings. The van der Waals surface area contributed by atoms with E-state index in [1.54, 1.807) is 0 Å². The van der Waals surface area contributed by atoms with Crippen LogP contribution in [0.4, 0.5) is 0 Å². The summed E-state index contributed by atoms with van der Waals surface area (Å²) in [5.41, 5.74) is -0.0778. The van der Waals surface area contributed by atoms with Crippen LogP contribution in [0.2, 0.25) is 5.02 Å². The highest BCUT2D eigenvalue weighted by atomic mass is 35.5. The van der Waals surface area contributed by atoms with Crippen molar-refractivity contribution in [3.8, 4) is 0 Å². The molecule has 0 saturated heterocycles. The Morgan fingerprint density at radius 3 is 2.63 bits per heavy atom. The summed E-state index contributed by atoms with van der Waals surface area (Å²) >= 11 is 5.91. The van der Waals surface area contributed by atoms with Crippen LogP contribution in [-0.2, 0) is 10.0 Å². The molecule has 1 aliphatic carbocycles. The largest absolute Gasteiger partial charge is 0.352 e. The number of nitrogens with two attached hydrogens (primary N) is 1. The van der Waals surface area contributed by atoms with Crippen LogP contribution in [0.15, 0.2) is 23.1 Å². The summed E-state index contributed by atoms with van der Waals surface area (Å²) in [7, 11) is -3.98. The fraction of sp³-hybridized carbons (Fsp3) is 0.417. The van der Waals surface area contributed by atoms with Crippen molar-refractivity contribution in [1.82, 2.24) is 5.32 Å². The van der Waals surface area contributed by atoms with Gasteiger partial charge in [-0.1, -0.05) is 24.1 Å². The zero-order chi connectivity index (χ0) is 14.0. The number of primary sulfonamides is 1. The topological polar surface area (TPSA) is 89.3 Å². The van der Waals surface area contributed by atoms with Crippen molar-refractivity contribution >= 4 is 27.5 Å². The minimum Gasteiger partial charge on any atom is -0.352 e. The first-order valence-electron chi connectivity index (χ1n) is 5.99. The molecule has 1 amide bonds. The minimum atomic E-state index is -3.98. The molecule has 0 atom stereocenters.